The quantitative estimate of drug-likeness (QED) is 0.551. The van der Waals surface area contributed by atoms with Crippen LogP contribution in [0.1, 0.15) is 11.1 Å². The molecule has 0 atom stereocenters. The maximum atomic E-state index is 13.0. The Balaban J connectivity index is 1.34. The summed E-state index contributed by atoms with van der Waals surface area (Å²) in [4.78, 5) is 29.6. The van der Waals surface area contributed by atoms with Gasteiger partial charge in [0.2, 0.25) is 0 Å². The van der Waals surface area contributed by atoms with Crippen molar-refractivity contribution in [3.63, 3.8) is 0 Å². The molecule has 0 unspecified atom stereocenters. The number of morpholine rings is 1. The van der Waals surface area contributed by atoms with E-state index in [1.807, 2.05) is 54.6 Å². The van der Waals surface area contributed by atoms with Gasteiger partial charge < -0.3 is 9.64 Å². The maximum absolute atomic E-state index is 13.0. The number of carbonyl (C=O) groups is 2. The summed E-state index contributed by atoms with van der Waals surface area (Å²) in [6.45, 7) is 3.52. The van der Waals surface area contributed by atoms with Crippen LogP contribution in [0.3, 0.4) is 0 Å². The Bertz CT molecular complexity index is 1160. The Labute approximate surface area is 185 Å². The van der Waals surface area contributed by atoms with E-state index in [4.69, 9.17) is 4.74 Å². The van der Waals surface area contributed by atoms with Gasteiger partial charge in [0.15, 0.2) is 0 Å². The van der Waals surface area contributed by atoms with E-state index < -0.39 is 0 Å². The topological polar surface area (TPSA) is 49.9 Å². The molecule has 0 bridgehead atoms. The molecule has 156 valence electrons. The fraction of sp³-hybridized carbons (Fsp3) is 0.200. The van der Waals surface area contributed by atoms with Gasteiger partial charge in [0.25, 0.3) is 11.1 Å². The van der Waals surface area contributed by atoms with E-state index in [-0.39, 0.29) is 17.7 Å². The van der Waals surface area contributed by atoms with Crippen LogP contribution in [0, 0.1) is 0 Å². The number of hydrogen-bond donors (Lipinski definition) is 0. The first kappa shape index (κ1) is 19.8. The molecule has 5 rings (SSSR count). The van der Waals surface area contributed by atoms with Crippen molar-refractivity contribution in [2.24, 2.45) is 0 Å². The number of ether oxygens (including phenoxy) is 1. The Kier molecular flexibility index (Phi) is 5.49. The Morgan fingerprint density at radius 3 is 2.45 bits per heavy atom. The zero-order valence-corrected chi connectivity index (χ0v) is 17.8. The molecule has 2 heterocycles. The molecule has 3 aromatic rings. The van der Waals surface area contributed by atoms with E-state index in [9.17, 15) is 9.59 Å². The Morgan fingerprint density at radius 1 is 0.903 bits per heavy atom. The molecule has 2 fully saturated rings. The van der Waals surface area contributed by atoms with Crippen LogP contribution in [0.15, 0.2) is 71.6 Å². The molecule has 2 saturated heterocycles. The lowest BCUT2D eigenvalue weighted by atomic mass is 10.0. The SMILES string of the molecule is O=C1S/C(=C\c2ccc(N3CCOCC3)cc2)C(=O)N1Cc1cccc2ccccc12. The molecular weight excluding hydrogens is 408 g/mol. The lowest BCUT2D eigenvalue weighted by molar-refractivity contribution is -0.123. The van der Waals surface area contributed by atoms with Gasteiger partial charge in [-0.1, -0.05) is 54.6 Å². The summed E-state index contributed by atoms with van der Waals surface area (Å²) < 4.78 is 5.40. The fourth-order valence-corrected chi connectivity index (χ4v) is 4.83. The van der Waals surface area contributed by atoms with E-state index in [1.165, 1.54) is 4.90 Å². The summed E-state index contributed by atoms with van der Waals surface area (Å²) in [5, 5.41) is 1.93. The van der Waals surface area contributed by atoms with Crippen LogP contribution in [0.25, 0.3) is 16.8 Å². The zero-order chi connectivity index (χ0) is 21.2. The van der Waals surface area contributed by atoms with Crippen LogP contribution in [-0.4, -0.2) is 42.3 Å². The highest BCUT2D eigenvalue weighted by molar-refractivity contribution is 8.18. The predicted molar refractivity (Wildman–Crippen MR) is 125 cm³/mol. The molecule has 0 aromatic heterocycles. The van der Waals surface area contributed by atoms with Gasteiger partial charge in [-0.3, -0.25) is 14.5 Å². The molecule has 0 aliphatic carbocycles. The van der Waals surface area contributed by atoms with Crippen molar-refractivity contribution in [1.82, 2.24) is 4.90 Å². The van der Waals surface area contributed by atoms with Crippen LogP contribution in [0.2, 0.25) is 0 Å². The predicted octanol–water partition coefficient (Wildman–Crippen LogP) is 4.91. The van der Waals surface area contributed by atoms with Gasteiger partial charge in [-0.05, 0) is 51.9 Å². The minimum Gasteiger partial charge on any atom is -0.378 e. The molecule has 5 nitrogen and oxygen atoms in total. The number of carbonyl (C=O) groups excluding carboxylic acids is 2. The zero-order valence-electron chi connectivity index (χ0n) is 17.0. The van der Waals surface area contributed by atoms with Crippen LogP contribution in [-0.2, 0) is 16.1 Å². The third-order valence-corrected chi connectivity index (χ3v) is 6.56. The monoisotopic (exact) mass is 430 g/mol. The smallest absolute Gasteiger partial charge is 0.293 e. The highest BCUT2D eigenvalue weighted by Crippen LogP contribution is 2.34. The van der Waals surface area contributed by atoms with E-state index >= 15 is 0 Å². The number of nitrogens with zero attached hydrogens (tertiary/aromatic N) is 2. The molecule has 31 heavy (non-hydrogen) atoms. The van der Waals surface area contributed by atoms with Crippen molar-refractivity contribution in [3.8, 4) is 0 Å². The standard InChI is InChI=1S/C25H22N2O3S/c28-24-23(16-18-8-10-21(11-9-18)26-12-14-30-15-13-26)31-25(29)27(24)17-20-6-3-5-19-4-1-2-7-22(19)20/h1-11,16H,12-15,17H2/b23-16-. The highest BCUT2D eigenvalue weighted by atomic mass is 32.2. The normalized spacial score (nSPS) is 18.4. The first-order valence-electron chi connectivity index (χ1n) is 10.3. The van der Waals surface area contributed by atoms with Gasteiger partial charge in [-0.25, -0.2) is 0 Å². The molecule has 2 amide bonds. The highest BCUT2D eigenvalue weighted by Gasteiger charge is 2.35. The van der Waals surface area contributed by atoms with Gasteiger partial charge in [-0.15, -0.1) is 0 Å². The van der Waals surface area contributed by atoms with Crippen molar-refractivity contribution < 1.29 is 14.3 Å². The van der Waals surface area contributed by atoms with Gasteiger partial charge >= 0.3 is 0 Å². The molecule has 0 N–H and O–H groups in total. The fourth-order valence-electron chi connectivity index (χ4n) is 3.99. The molecule has 6 heteroatoms. The summed E-state index contributed by atoms with van der Waals surface area (Å²) >= 11 is 1.01. The minimum absolute atomic E-state index is 0.228. The van der Waals surface area contributed by atoms with Crippen LogP contribution in [0.5, 0.6) is 0 Å². The summed E-state index contributed by atoms with van der Waals surface area (Å²) in [5.74, 6) is -0.236. The summed E-state index contributed by atoms with van der Waals surface area (Å²) in [6, 6.07) is 22.1. The average Bonchev–Trinajstić information content (AvgIpc) is 3.08. The Hall–Kier alpha value is -3.09. The number of fused-ring (bicyclic) bond motifs is 1. The minimum atomic E-state index is -0.236. The first-order valence-corrected chi connectivity index (χ1v) is 11.2. The number of anilines is 1. The van der Waals surface area contributed by atoms with Crippen molar-refractivity contribution in [2.45, 2.75) is 6.54 Å². The summed E-state index contributed by atoms with van der Waals surface area (Å²) in [5.41, 5.74) is 3.02. The second-order valence-electron chi connectivity index (χ2n) is 7.60. The lowest BCUT2D eigenvalue weighted by Gasteiger charge is -2.28. The molecule has 3 aromatic carbocycles. The van der Waals surface area contributed by atoms with E-state index in [0.717, 1.165) is 65.7 Å². The average molecular weight is 431 g/mol. The number of hydrogen-bond acceptors (Lipinski definition) is 5. The summed E-state index contributed by atoms with van der Waals surface area (Å²) in [7, 11) is 0. The van der Waals surface area contributed by atoms with Gasteiger partial charge in [0, 0.05) is 18.8 Å². The largest absolute Gasteiger partial charge is 0.378 e. The van der Waals surface area contributed by atoms with Crippen LogP contribution >= 0.6 is 11.8 Å². The lowest BCUT2D eigenvalue weighted by Crippen LogP contribution is -2.36. The number of thioether (sulfide) groups is 1. The van der Waals surface area contributed by atoms with E-state index in [1.54, 1.807) is 6.08 Å². The first-order chi connectivity index (χ1) is 15.2. The molecule has 2 aliphatic rings. The number of rotatable bonds is 4. The Morgan fingerprint density at radius 2 is 1.65 bits per heavy atom. The number of imide groups is 1. The van der Waals surface area contributed by atoms with Gasteiger partial charge in [-0.2, -0.15) is 0 Å². The molecule has 0 saturated carbocycles. The number of amides is 2. The van der Waals surface area contributed by atoms with Crippen LogP contribution in [0.4, 0.5) is 10.5 Å². The van der Waals surface area contributed by atoms with E-state index in [2.05, 4.69) is 17.0 Å². The van der Waals surface area contributed by atoms with Crippen molar-refractivity contribution in [2.75, 3.05) is 31.2 Å². The van der Waals surface area contributed by atoms with Crippen LogP contribution < -0.4 is 4.90 Å². The number of benzene rings is 3. The molecule has 0 spiro atoms. The third kappa shape index (κ3) is 4.09. The van der Waals surface area contributed by atoms with Gasteiger partial charge in [0.1, 0.15) is 0 Å². The maximum Gasteiger partial charge on any atom is 0.293 e. The van der Waals surface area contributed by atoms with Gasteiger partial charge in [0.05, 0.1) is 24.7 Å². The second-order valence-corrected chi connectivity index (χ2v) is 8.59. The molecule has 2 aliphatic heterocycles. The summed E-state index contributed by atoms with van der Waals surface area (Å²) in [6.07, 6.45) is 1.80. The van der Waals surface area contributed by atoms with E-state index in [0.29, 0.717) is 4.91 Å². The molecule has 0 radical (unpaired) electrons. The van der Waals surface area contributed by atoms with Crippen molar-refractivity contribution in [1.29, 1.82) is 0 Å². The molecular formula is C25H22N2O3S. The van der Waals surface area contributed by atoms with Crippen molar-refractivity contribution >= 4 is 45.4 Å². The van der Waals surface area contributed by atoms with Crippen molar-refractivity contribution in [3.05, 3.63) is 82.8 Å². The second kappa shape index (κ2) is 8.57. The third-order valence-electron chi connectivity index (χ3n) is 5.65.